The van der Waals surface area contributed by atoms with Crippen LogP contribution in [0.2, 0.25) is 0 Å². The SMILES string of the molecule is CC.CC(Nc1ncnc(N)c1C#N)c1nc2ccc(F)cc2c(CS(C)(=O)=O)c1-c1ccccc1. The predicted molar refractivity (Wildman–Crippen MR) is 140 cm³/mol. The Morgan fingerprint density at radius 3 is 2.47 bits per heavy atom. The van der Waals surface area contributed by atoms with E-state index < -0.39 is 21.7 Å². The zero-order chi connectivity index (χ0) is 26.5. The number of halogens is 1. The number of nitrogens with one attached hydrogen (secondary N) is 1. The van der Waals surface area contributed by atoms with E-state index in [1.165, 1.54) is 24.5 Å². The number of nitrogens with two attached hydrogens (primary N) is 1. The Balaban J connectivity index is 0.00000176. The summed E-state index contributed by atoms with van der Waals surface area (Å²) in [6.07, 6.45) is 2.38. The van der Waals surface area contributed by atoms with Crippen LogP contribution in [0.4, 0.5) is 16.0 Å². The first-order valence-electron chi connectivity index (χ1n) is 11.3. The number of benzene rings is 2. The number of nitrogens with zero attached hydrogens (tertiary/aromatic N) is 4. The summed E-state index contributed by atoms with van der Waals surface area (Å²) >= 11 is 0. The lowest BCUT2D eigenvalue weighted by atomic mass is 9.93. The van der Waals surface area contributed by atoms with Gasteiger partial charge in [-0.05, 0) is 36.2 Å². The summed E-state index contributed by atoms with van der Waals surface area (Å²) in [7, 11) is -3.48. The molecule has 0 bridgehead atoms. The van der Waals surface area contributed by atoms with Crippen molar-refractivity contribution in [2.75, 3.05) is 17.3 Å². The normalized spacial score (nSPS) is 11.8. The van der Waals surface area contributed by atoms with Gasteiger partial charge in [-0.1, -0.05) is 44.2 Å². The molecule has 0 spiro atoms. The van der Waals surface area contributed by atoms with E-state index in [4.69, 9.17) is 10.7 Å². The molecule has 36 heavy (non-hydrogen) atoms. The Hall–Kier alpha value is -4.10. The van der Waals surface area contributed by atoms with Gasteiger partial charge in [0, 0.05) is 17.2 Å². The molecule has 8 nitrogen and oxygen atoms in total. The van der Waals surface area contributed by atoms with Crippen LogP contribution >= 0.6 is 0 Å². The molecule has 3 N–H and O–H groups in total. The first-order valence-corrected chi connectivity index (χ1v) is 13.4. The topological polar surface area (TPSA) is 135 Å². The second-order valence-electron chi connectivity index (χ2n) is 7.91. The summed E-state index contributed by atoms with van der Waals surface area (Å²) in [6, 6.07) is 14.8. The first kappa shape index (κ1) is 26.5. The summed E-state index contributed by atoms with van der Waals surface area (Å²) in [6.45, 7) is 5.81. The zero-order valence-corrected chi connectivity index (χ0v) is 21.3. The second kappa shape index (κ2) is 11.1. The number of nitriles is 1. The molecule has 0 aliphatic carbocycles. The molecular weight excluding hydrogens is 479 g/mol. The minimum Gasteiger partial charge on any atom is -0.382 e. The molecule has 1 unspecified atom stereocenters. The molecule has 0 saturated carbocycles. The summed E-state index contributed by atoms with van der Waals surface area (Å²) in [5.41, 5.74) is 8.63. The molecule has 0 amide bonds. The van der Waals surface area contributed by atoms with E-state index in [1.807, 2.05) is 57.2 Å². The van der Waals surface area contributed by atoms with Crippen LogP contribution in [0.1, 0.15) is 43.6 Å². The molecule has 2 aromatic carbocycles. The molecule has 0 aliphatic rings. The second-order valence-corrected chi connectivity index (χ2v) is 10.0. The maximum absolute atomic E-state index is 14.2. The minimum atomic E-state index is -3.48. The van der Waals surface area contributed by atoms with Gasteiger partial charge in [-0.25, -0.2) is 27.8 Å². The van der Waals surface area contributed by atoms with Crippen molar-refractivity contribution in [3.8, 4) is 17.2 Å². The fourth-order valence-corrected chi connectivity index (χ4v) is 4.69. The molecule has 0 aliphatic heterocycles. The molecular formula is C26H27FN6O2S. The zero-order valence-electron chi connectivity index (χ0n) is 20.4. The van der Waals surface area contributed by atoms with E-state index in [0.29, 0.717) is 27.7 Å². The average molecular weight is 507 g/mol. The molecule has 4 aromatic rings. The maximum Gasteiger partial charge on any atom is 0.151 e. The molecule has 186 valence electrons. The van der Waals surface area contributed by atoms with E-state index in [2.05, 4.69) is 15.3 Å². The van der Waals surface area contributed by atoms with Gasteiger partial charge in [0.25, 0.3) is 0 Å². The van der Waals surface area contributed by atoms with Crippen LogP contribution in [0.25, 0.3) is 22.0 Å². The van der Waals surface area contributed by atoms with Crippen LogP contribution in [0, 0.1) is 17.1 Å². The van der Waals surface area contributed by atoms with Gasteiger partial charge in [-0.2, -0.15) is 5.26 Å². The van der Waals surface area contributed by atoms with Crippen molar-refractivity contribution in [2.24, 2.45) is 0 Å². The highest BCUT2D eigenvalue weighted by molar-refractivity contribution is 7.89. The summed E-state index contributed by atoms with van der Waals surface area (Å²) in [5.74, 6) is -0.525. The van der Waals surface area contributed by atoms with Gasteiger partial charge in [0.1, 0.15) is 35.4 Å². The number of fused-ring (bicyclic) bond motifs is 1. The third-order valence-electron chi connectivity index (χ3n) is 5.30. The fraction of sp³-hybridized carbons (Fsp3) is 0.231. The van der Waals surface area contributed by atoms with Crippen LogP contribution in [0.5, 0.6) is 0 Å². The number of sulfone groups is 1. The maximum atomic E-state index is 14.2. The number of hydrogen-bond donors (Lipinski definition) is 2. The van der Waals surface area contributed by atoms with Crippen molar-refractivity contribution in [1.29, 1.82) is 5.26 Å². The molecule has 2 heterocycles. The van der Waals surface area contributed by atoms with Gasteiger partial charge in [0.05, 0.1) is 23.0 Å². The minimum absolute atomic E-state index is 0.0372. The van der Waals surface area contributed by atoms with Crippen molar-refractivity contribution in [3.63, 3.8) is 0 Å². The highest BCUT2D eigenvalue weighted by Gasteiger charge is 2.24. The Morgan fingerprint density at radius 2 is 1.83 bits per heavy atom. The van der Waals surface area contributed by atoms with Crippen molar-refractivity contribution < 1.29 is 12.8 Å². The summed E-state index contributed by atoms with van der Waals surface area (Å²) in [4.78, 5) is 12.8. The third-order valence-corrected chi connectivity index (χ3v) is 6.12. The fourth-order valence-electron chi connectivity index (χ4n) is 3.87. The molecule has 4 rings (SSSR count). The Kier molecular flexibility index (Phi) is 8.17. The number of rotatable bonds is 6. The van der Waals surface area contributed by atoms with Gasteiger partial charge in [-0.3, -0.25) is 0 Å². The molecule has 0 saturated heterocycles. The number of pyridine rings is 1. The summed E-state index contributed by atoms with van der Waals surface area (Å²) < 4.78 is 39.0. The van der Waals surface area contributed by atoms with E-state index in [-0.39, 0.29) is 23.0 Å². The molecule has 0 fully saturated rings. The van der Waals surface area contributed by atoms with E-state index >= 15 is 0 Å². The van der Waals surface area contributed by atoms with E-state index in [9.17, 15) is 18.1 Å². The standard InChI is InChI=1S/C24H21FN6O2S.C2H6/c1-14(30-24-18(11-26)23(27)28-13-29-24)22-21(15-6-4-3-5-7-15)19(12-34(2,32)33)17-10-16(25)8-9-20(17)31-22;1-2/h3-10,13-14H,12H2,1-2H3,(H3,27,28,29,30);1-2H3. The van der Waals surface area contributed by atoms with E-state index in [1.54, 1.807) is 0 Å². The van der Waals surface area contributed by atoms with Gasteiger partial charge in [0.15, 0.2) is 9.84 Å². The lowest BCUT2D eigenvalue weighted by Gasteiger charge is -2.22. The first-order chi connectivity index (χ1) is 17.2. The largest absolute Gasteiger partial charge is 0.382 e. The van der Waals surface area contributed by atoms with Gasteiger partial charge in [0.2, 0.25) is 0 Å². The van der Waals surface area contributed by atoms with Crippen LogP contribution in [0.15, 0.2) is 54.9 Å². The number of nitrogen functional groups attached to an aromatic ring is 1. The highest BCUT2D eigenvalue weighted by Crippen LogP contribution is 2.37. The third kappa shape index (κ3) is 5.75. The lowest BCUT2D eigenvalue weighted by molar-refractivity contribution is 0.601. The van der Waals surface area contributed by atoms with Crippen molar-refractivity contribution >= 4 is 32.4 Å². The summed E-state index contributed by atoms with van der Waals surface area (Å²) in [5, 5.41) is 13.1. The number of hydrogen-bond acceptors (Lipinski definition) is 8. The van der Waals surface area contributed by atoms with Gasteiger partial charge in [-0.15, -0.1) is 0 Å². The number of aromatic nitrogens is 3. The molecule has 0 radical (unpaired) electrons. The predicted octanol–water partition coefficient (Wildman–Crippen LogP) is 5.03. The lowest BCUT2D eigenvalue weighted by Crippen LogP contribution is -2.15. The molecule has 2 aromatic heterocycles. The average Bonchev–Trinajstić information content (AvgIpc) is 2.85. The molecule has 10 heteroatoms. The van der Waals surface area contributed by atoms with Crippen LogP contribution in [-0.4, -0.2) is 29.6 Å². The smallest absolute Gasteiger partial charge is 0.151 e. The van der Waals surface area contributed by atoms with Gasteiger partial charge < -0.3 is 11.1 Å². The monoisotopic (exact) mass is 506 g/mol. The van der Waals surface area contributed by atoms with Gasteiger partial charge >= 0.3 is 0 Å². The van der Waals surface area contributed by atoms with Crippen molar-refractivity contribution in [1.82, 2.24) is 15.0 Å². The quantitative estimate of drug-likeness (QED) is 0.372. The Bertz CT molecular complexity index is 1540. The van der Waals surface area contributed by atoms with Crippen molar-refractivity contribution in [3.05, 3.63) is 77.5 Å². The Labute approximate surface area is 210 Å². The van der Waals surface area contributed by atoms with Crippen molar-refractivity contribution in [2.45, 2.75) is 32.6 Å². The van der Waals surface area contributed by atoms with Crippen LogP contribution in [-0.2, 0) is 15.6 Å². The molecule has 1 atom stereocenters. The van der Waals surface area contributed by atoms with Crippen LogP contribution in [0.3, 0.4) is 0 Å². The van der Waals surface area contributed by atoms with E-state index in [0.717, 1.165) is 11.8 Å². The number of anilines is 2. The Morgan fingerprint density at radius 1 is 1.14 bits per heavy atom. The van der Waals surface area contributed by atoms with Crippen LogP contribution < -0.4 is 11.1 Å². The highest BCUT2D eigenvalue weighted by atomic mass is 32.2.